The van der Waals surface area contributed by atoms with Gasteiger partial charge < -0.3 is 15.9 Å². The van der Waals surface area contributed by atoms with Crippen molar-refractivity contribution in [3.05, 3.63) is 88.8 Å². The van der Waals surface area contributed by atoms with Crippen molar-refractivity contribution in [3.8, 4) is 17.1 Å². The van der Waals surface area contributed by atoms with Gasteiger partial charge in [0.25, 0.3) is 5.56 Å². The number of benzene rings is 2. The van der Waals surface area contributed by atoms with Gasteiger partial charge in [-0.3, -0.25) is 9.36 Å². The number of oxazole rings is 1. The minimum Gasteiger partial charge on any atom is -0.441 e. The lowest BCUT2D eigenvalue weighted by Crippen LogP contribution is -2.39. The molecule has 9 nitrogen and oxygen atoms in total. The van der Waals surface area contributed by atoms with Gasteiger partial charge in [0.1, 0.15) is 22.8 Å². The predicted molar refractivity (Wildman–Crippen MR) is 129 cm³/mol. The number of rotatable bonds is 6. The van der Waals surface area contributed by atoms with Crippen molar-refractivity contribution in [2.45, 2.75) is 26.3 Å². The molecule has 0 bridgehead atoms. The molecule has 0 atom stereocenters. The Morgan fingerprint density at radius 3 is 2.63 bits per heavy atom. The smallest absolute Gasteiger partial charge is 0.268 e. The Balaban J connectivity index is 1.49. The molecule has 0 amide bonds. The minimum absolute atomic E-state index is 0.0349. The number of hydrogen-bond acceptors (Lipinski definition) is 7. The summed E-state index contributed by atoms with van der Waals surface area (Å²) in [7, 11) is 0. The fourth-order valence-corrected chi connectivity index (χ4v) is 4.06. The fraction of sp³-hybridized carbons (Fsp3) is 0.160. The highest BCUT2D eigenvalue weighted by Gasteiger charge is 2.22. The zero-order valence-electron chi connectivity index (χ0n) is 19.0. The van der Waals surface area contributed by atoms with Gasteiger partial charge in [0.15, 0.2) is 5.56 Å². The summed E-state index contributed by atoms with van der Waals surface area (Å²) in [4.78, 5) is 26.4. The molecule has 4 N–H and O–H groups in total. The van der Waals surface area contributed by atoms with Crippen LogP contribution in [0.1, 0.15) is 18.0 Å². The largest absolute Gasteiger partial charge is 0.441 e. The maximum Gasteiger partial charge on any atom is 0.268 e. The first-order valence-corrected chi connectivity index (χ1v) is 11.1. The van der Waals surface area contributed by atoms with Crippen LogP contribution in [-0.4, -0.2) is 19.5 Å². The fourth-order valence-electron chi connectivity index (χ4n) is 4.06. The summed E-state index contributed by atoms with van der Waals surface area (Å²) < 4.78 is 23.3. The Labute approximate surface area is 199 Å². The molecule has 5 rings (SSSR count). The van der Waals surface area contributed by atoms with Crippen LogP contribution in [-0.2, 0) is 13.0 Å². The molecule has 3 aromatic heterocycles. The Morgan fingerprint density at radius 2 is 1.89 bits per heavy atom. The summed E-state index contributed by atoms with van der Waals surface area (Å²) in [6, 6.07) is 13.5. The number of para-hydroxylation sites is 1. The Hall–Kier alpha value is -4.60. The monoisotopic (exact) mass is 472 g/mol. The van der Waals surface area contributed by atoms with Gasteiger partial charge in [-0.05, 0) is 37.6 Å². The van der Waals surface area contributed by atoms with E-state index in [1.54, 1.807) is 48.3 Å². The molecule has 0 unspecified atom stereocenters. The van der Waals surface area contributed by atoms with Gasteiger partial charge in [0.2, 0.25) is 23.9 Å². The molecule has 0 saturated heterocycles. The SMILES string of the molecule is Cc1cnc(-c2c(N)nc[n+](CCCc3nc4cccc(F)c4c(=O)n3-c3ccccc3)c2N)o1. The third-order valence-corrected chi connectivity index (χ3v) is 5.72. The number of aryl methyl sites for hydroxylation is 3. The first kappa shape index (κ1) is 22.2. The van der Waals surface area contributed by atoms with Gasteiger partial charge in [0, 0.05) is 6.42 Å². The molecule has 3 heterocycles. The van der Waals surface area contributed by atoms with Crippen molar-refractivity contribution in [2.75, 3.05) is 11.5 Å². The number of nitrogens with zero attached hydrogens (tertiary/aromatic N) is 5. The standard InChI is InChI=1S/C25H22FN7O2/c1-15-13-29-24(35-15)21-22(27)30-14-32(23(21)28)12-6-11-19-31-18-10-5-9-17(26)20(18)25(34)33(19)16-7-3-2-4-8-16/h2-5,7-10,13-14H,6,11-12H2,1H3,(H3,27,28,29)/p+1. The molecule has 0 aliphatic carbocycles. The minimum atomic E-state index is -0.596. The Kier molecular flexibility index (Phi) is 5.69. The van der Waals surface area contributed by atoms with E-state index in [9.17, 15) is 9.18 Å². The van der Waals surface area contributed by atoms with Gasteiger partial charge in [-0.2, -0.15) is 0 Å². The summed E-state index contributed by atoms with van der Waals surface area (Å²) in [6.45, 7) is 2.25. The van der Waals surface area contributed by atoms with Crippen LogP contribution in [0.4, 0.5) is 16.0 Å². The lowest BCUT2D eigenvalue weighted by molar-refractivity contribution is -0.685. The lowest BCUT2D eigenvalue weighted by Gasteiger charge is -2.14. The second kappa shape index (κ2) is 8.98. The number of halogens is 1. The van der Waals surface area contributed by atoms with Crippen LogP contribution >= 0.6 is 0 Å². The third-order valence-electron chi connectivity index (χ3n) is 5.72. The van der Waals surface area contributed by atoms with Crippen molar-refractivity contribution in [3.63, 3.8) is 0 Å². The second-order valence-corrected chi connectivity index (χ2v) is 8.10. The van der Waals surface area contributed by atoms with Crippen LogP contribution in [0.5, 0.6) is 0 Å². The van der Waals surface area contributed by atoms with Crippen molar-refractivity contribution in [2.24, 2.45) is 0 Å². The van der Waals surface area contributed by atoms with Crippen LogP contribution in [0, 0.1) is 12.7 Å². The molecule has 10 heteroatoms. The van der Waals surface area contributed by atoms with E-state index in [1.807, 2.05) is 18.2 Å². The van der Waals surface area contributed by atoms with Gasteiger partial charge in [-0.25, -0.2) is 18.9 Å². The van der Waals surface area contributed by atoms with Crippen LogP contribution < -0.4 is 21.6 Å². The first-order valence-electron chi connectivity index (χ1n) is 11.1. The van der Waals surface area contributed by atoms with Crippen LogP contribution in [0.3, 0.4) is 0 Å². The molecular formula is C25H23FN7O2+. The average Bonchev–Trinajstić information content (AvgIpc) is 3.27. The number of hydrogen-bond donors (Lipinski definition) is 2. The molecule has 0 spiro atoms. The summed E-state index contributed by atoms with van der Waals surface area (Å²) in [5.41, 5.74) is 13.3. The molecule has 5 aromatic rings. The zero-order chi connectivity index (χ0) is 24.5. The van der Waals surface area contributed by atoms with E-state index in [2.05, 4.69) is 15.0 Å². The van der Waals surface area contributed by atoms with Crippen molar-refractivity contribution in [1.29, 1.82) is 0 Å². The molecule has 0 radical (unpaired) electrons. The Bertz CT molecular complexity index is 1600. The summed E-state index contributed by atoms with van der Waals surface area (Å²) in [6.07, 6.45) is 4.14. The number of aromatic nitrogens is 5. The van der Waals surface area contributed by atoms with E-state index >= 15 is 0 Å². The molecule has 0 fully saturated rings. The highest BCUT2D eigenvalue weighted by atomic mass is 19.1. The van der Waals surface area contributed by atoms with E-state index in [1.165, 1.54) is 10.6 Å². The normalized spacial score (nSPS) is 11.3. The van der Waals surface area contributed by atoms with Gasteiger partial charge >= 0.3 is 0 Å². The van der Waals surface area contributed by atoms with E-state index in [-0.39, 0.29) is 11.2 Å². The van der Waals surface area contributed by atoms with E-state index in [4.69, 9.17) is 15.9 Å². The van der Waals surface area contributed by atoms with Crippen molar-refractivity contribution in [1.82, 2.24) is 19.5 Å². The van der Waals surface area contributed by atoms with Gasteiger partial charge in [0.05, 0.1) is 23.9 Å². The summed E-state index contributed by atoms with van der Waals surface area (Å²) in [5.74, 6) is 1.44. The van der Waals surface area contributed by atoms with Crippen molar-refractivity contribution < 1.29 is 13.4 Å². The summed E-state index contributed by atoms with van der Waals surface area (Å²) in [5, 5.41) is -0.0349. The number of anilines is 2. The maximum absolute atomic E-state index is 14.5. The van der Waals surface area contributed by atoms with E-state index in [0.717, 1.165) is 0 Å². The van der Waals surface area contributed by atoms with Crippen molar-refractivity contribution >= 4 is 22.5 Å². The molecular weight excluding hydrogens is 449 g/mol. The number of nitrogen functional groups attached to an aromatic ring is 2. The third kappa shape index (κ3) is 4.10. The van der Waals surface area contributed by atoms with Gasteiger partial charge in [-0.15, -0.1) is 0 Å². The molecule has 2 aromatic carbocycles. The number of fused-ring (bicyclic) bond motifs is 1. The number of nitrogens with two attached hydrogens (primary N) is 2. The van der Waals surface area contributed by atoms with Crippen LogP contribution in [0.25, 0.3) is 28.0 Å². The topological polar surface area (TPSA) is 130 Å². The lowest BCUT2D eigenvalue weighted by atomic mass is 10.2. The highest BCUT2D eigenvalue weighted by Crippen LogP contribution is 2.27. The second-order valence-electron chi connectivity index (χ2n) is 8.10. The maximum atomic E-state index is 14.5. The molecule has 35 heavy (non-hydrogen) atoms. The van der Waals surface area contributed by atoms with E-state index < -0.39 is 11.4 Å². The molecule has 0 saturated carbocycles. The average molecular weight is 473 g/mol. The Morgan fingerprint density at radius 1 is 1.09 bits per heavy atom. The molecule has 0 aliphatic rings. The van der Waals surface area contributed by atoms with Crippen LogP contribution in [0.15, 0.2) is 70.3 Å². The molecule has 0 aliphatic heterocycles. The van der Waals surface area contributed by atoms with Crippen LogP contribution in [0.2, 0.25) is 0 Å². The summed E-state index contributed by atoms with van der Waals surface area (Å²) >= 11 is 0. The molecule has 176 valence electrons. The quantitative estimate of drug-likeness (QED) is 0.363. The van der Waals surface area contributed by atoms with Gasteiger partial charge in [-0.1, -0.05) is 29.2 Å². The first-order chi connectivity index (χ1) is 16.9. The highest BCUT2D eigenvalue weighted by molar-refractivity contribution is 5.78. The predicted octanol–water partition coefficient (Wildman–Crippen LogP) is 2.97. The van der Waals surface area contributed by atoms with E-state index in [0.29, 0.717) is 59.4 Å². The zero-order valence-corrected chi connectivity index (χ0v) is 19.0.